The summed E-state index contributed by atoms with van der Waals surface area (Å²) in [6, 6.07) is 6.44. The number of aromatic nitrogens is 4. The lowest BCUT2D eigenvalue weighted by molar-refractivity contribution is 0.0509. The molecule has 10 nitrogen and oxygen atoms in total. The number of carbonyl (C=O) groups excluding carboxylic acids is 1. The Morgan fingerprint density at radius 1 is 1.47 bits per heavy atom. The molecular weight excluding hydrogens is 391 g/mol. The van der Waals surface area contributed by atoms with Crippen LogP contribution in [0.5, 0.6) is 0 Å². The second-order valence-electron chi connectivity index (χ2n) is 7.76. The minimum atomic E-state index is -0.589. The number of tetrazole rings is 1. The van der Waals surface area contributed by atoms with Gasteiger partial charge in [0.25, 0.3) is 0 Å². The van der Waals surface area contributed by atoms with Crippen LogP contribution in [0.3, 0.4) is 0 Å². The van der Waals surface area contributed by atoms with E-state index in [0.717, 1.165) is 0 Å². The number of nitrogens with one attached hydrogen (secondary N) is 3. The average molecular weight is 414 g/mol. The van der Waals surface area contributed by atoms with Crippen LogP contribution < -0.4 is 15.5 Å². The molecule has 1 aromatic carbocycles. The van der Waals surface area contributed by atoms with Crippen LogP contribution in [0, 0.1) is 17.1 Å². The number of hydrogen-bond acceptors (Lipinski definition) is 8. The van der Waals surface area contributed by atoms with Crippen LogP contribution in [-0.2, 0) is 4.74 Å². The third kappa shape index (κ3) is 5.22. The Kier molecular flexibility index (Phi) is 6.15. The monoisotopic (exact) mass is 414 g/mol. The molecule has 0 radical (unpaired) electrons. The molecule has 30 heavy (non-hydrogen) atoms. The number of ether oxygens (including phenoxy) is 1. The quantitative estimate of drug-likeness (QED) is 0.636. The van der Waals surface area contributed by atoms with Gasteiger partial charge in [-0.25, -0.2) is 9.18 Å². The van der Waals surface area contributed by atoms with Crippen molar-refractivity contribution in [2.75, 3.05) is 23.3 Å². The SMILES string of the molecule is CC(C)(C)OC(=O)NC1CCN(c2c(F)cccc2NC=C(C#N)c2nn[nH]n2)C1. The second kappa shape index (κ2) is 8.77. The van der Waals surface area contributed by atoms with Crippen LogP contribution in [0.1, 0.15) is 33.0 Å². The molecule has 158 valence electrons. The number of carbonyl (C=O) groups is 1. The van der Waals surface area contributed by atoms with Gasteiger partial charge in [-0.2, -0.15) is 10.5 Å². The van der Waals surface area contributed by atoms with Crippen molar-refractivity contribution in [1.29, 1.82) is 5.26 Å². The number of alkyl carbamates (subject to hydrolysis) is 1. The van der Waals surface area contributed by atoms with E-state index >= 15 is 0 Å². The molecule has 3 rings (SSSR count). The number of benzene rings is 1. The largest absolute Gasteiger partial charge is 0.444 e. The van der Waals surface area contributed by atoms with Gasteiger partial charge in [0.1, 0.15) is 23.1 Å². The number of hydrogen-bond donors (Lipinski definition) is 3. The Labute approximate surface area is 173 Å². The number of halogens is 1. The van der Waals surface area contributed by atoms with Crippen LogP contribution in [0.4, 0.5) is 20.6 Å². The van der Waals surface area contributed by atoms with Gasteiger partial charge in [0.15, 0.2) is 0 Å². The highest BCUT2D eigenvalue weighted by molar-refractivity contribution is 5.78. The van der Waals surface area contributed by atoms with Gasteiger partial charge >= 0.3 is 6.09 Å². The lowest BCUT2D eigenvalue weighted by Crippen LogP contribution is -2.40. The van der Waals surface area contributed by atoms with Crippen molar-refractivity contribution in [1.82, 2.24) is 25.9 Å². The Bertz CT molecular complexity index is 962. The molecule has 2 aromatic rings. The third-order valence-corrected chi connectivity index (χ3v) is 4.29. The predicted octanol–water partition coefficient (Wildman–Crippen LogP) is 2.42. The first-order chi connectivity index (χ1) is 14.3. The van der Waals surface area contributed by atoms with Crippen LogP contribution in [0.25, 0.3) is 5.57 Å². The predicted molar refractivity (Wildman–Crippen MR) is 108 cm³/mol. The molecule has 1 amide bonds. The molecule has 11 heteroatoms. The minimum Gasteiger partial charge on any atom is -0.444 e. The molecule has 1 saturated heterocycles. The lowest BCUT2D eigenvalue weighted by Gasteiger charge is -2.24. The van der Waals surface area contributed by atoms with Crippen molar-refractivity contribution < 1.29 is 13.9 Å². The first kappa shape index (κ1) is 21.0. The Morgan fingerprint density at radius 2 is 2.27 bits per heavy atom. The van der Waals surface area contributed by atoms with Gasteiger partial charge in [0, 0.05) is 19.3 Å². The minimum absolute atomic E-state index is 0.130. The van der Waals surface area contributed by atoms with Gasteiger partial charge in [-0.3, -0.25) is 0 Å². The summed E-state index contributed by atoms with van der Waals surface area (Å²) in [6.07, 6.45) is 1.55. The van der Waals surface area contributed by atoms with E-state index in [1.54, 1.807) is 32.9 Å². The summed E-state index contributed by atoms with van der Waals surface area (Å²) in [5.41, 5.74) is 0.385. The van der Waals surface area contributed by atoms with Crippen molar-refractivity contribution >= 4 is 23.0 Å². The number of H-pyrrole nitrogens is 1. The summed E-state index contributed by atoms with van der Waals surface area (Å²) in [4.78, 5) is 13.9. The summed E-state index contributed by atoms with van der Waals surface area (Å²) >= 11 is 0. The number of aromatic amines is 1. The summed E-state index contributed by atoms with van der Waals surface area (Å²) in [6.45, 7) is 6.36. The maximum absolute atomic E-state index is 14.7. The van der Waals surface area contributed by atoms with Crippen molar-refractivity contribution in [2.24, 2.45) is 0 Å². The molecule has 1 aliphatic heterocycles. The first-order valence-corrected chi connectivity index (χ1v) is 9.40. The van der Waals surface area contributed by atoms with E-state index in [1.807, 2.05) is 11.0 Å². The van der Waals surface area contributed by atoms with Crippen LogP contribution in [0.2, 0.25) is 0 Å². The zero-order valence-electron chi connectivity index (χ0n) is 16.9. The maximum atomic E-state index is 14.7. The molecule has 0 bridgehead atoms. The second-order valence-corrected chi connectivity index (χ2v) is 7.76. The maximum Gasteiger partial charge on any atom is 0.407 e. The van der Waals surface area contributed by atoms with E-state index in [1.165, 1.54) is 12.3 Å². The summed E-state index contributed by atoms with van der Waals surface area (Å²) < 4.78 is 20.0. The Hall–Kier alpha value is -3.68. The molecule has 0 saturated carbocycles. The Morgan fingerprint density at radius 3 is 2.93 bits per heavy atom. The van der Waals surface area contributed by atoms with E-state index in [9.17, 15) is 14.4 Å². The number of amides is 1. The van der Waals surface area contributed by atoms with Gasteiger partial charge in [0.2, 0.25) is 5.82 Å². The van der Waals surface area contributed by atoms with Crippen LogP contribution in [0.15, 0.2) is 24.4 Å². The number of para-hydroxylation sites is 1. The molecule has 0 spiro atoms. The van der Waals surface area contributed by atoms with Gasteiger partial charge in [0.05, 0.1) is 17.4 Å². The summed E-state index contributed by atoms with van der Waals surface area (Å²) in [5.74, 6) is -0.282. The number of rotatable bonds is 5. The van der Waals surface area contributed by atoms with Gasteiger partial charge in [-0.1, -0.05) is 6.07 Å². The molecular formula is C19H23FN8O2. The number of anilines is 2. The van der Waals surface area contributed by atoms with Gasteiger partial charge in [-0.15, -0.1) is 10.2 Å². The fourth-order valence-electron chi connectivity index (χ4n) is 3.08. The molecule has 1 fully saturated rings. The topological polar surface area (TPSA) is 132 Å². The van der Waals surface area contributed by atoms with Crippen molar-refractivity contribution in [2.45, 2.75) is 38.8 Å². The molecule has 3 N–H and O–H groups in total. The highest BCUT2D eigenvalue weighted by atomic mass is 19.1. The van der Waals surface area contributed by atoms with E-state index in [0.29, 0.717) is 30.9 Å². The first-order valence-electron chi connectivity index (χ1n) is 9.40. The molecule has 1 aliphatic rings. The zero-order valence-corrected chi connectivity index (χ0v) is 16.9. The van der Waals surface area contributed by atoms with E-state index < -0.39 is 17.5 Å². The highest BCUT2D eigenvalue weighted by Gasteiger charge is 2.29. The number of allylic oxidation sites excluding steroid dienone is 1. The van der Waals surface area contributed by atoms with Crippen molar-refractivity contribution in [3.63, 3.8) is 0 Å². The van der Waals surface area contributed by atoms with Crippen molar-refractivity contribution in [3.05, 3.63) is 36.0 Å². The summed E-state index contributed by atoms with van der Waals surface area (Å²) in [7, 11) is 0. The molecule has 0 aliphatic carbocycles. The molecule has 1 unspecified atom stereocenters. The molecule has 1 atom stereocenters. The Balaban J connectivity index is 1.73. The number of nitrogens with zero attached hydrogens (tertiary/aromatic N) is 5. The van der Waals surface area contributed by atoms with Gasteiger partial charge in [-0.05, 0) is 44.5 Å². The highest BCUT2D eigenvalue weighted by Crippen LogP contribution is 2.32. The normalized spacial score (nSPS) is 16.8. The van der Waals surface area contributed by atoms with E-state index in [-0.39, 0.29) is 17.4 Å². The average Bonchev–Trinajstić information content (AvgIpc) is 3.33. The molecule has 2 heterocycles. The van der Waals surface area contributed by atoms with E-state index in [4.69, 9.17) is 4.74 Å². The third-order valence-electron chi connectivity index (χ3n) is 4.29. The van der Waals surface area contributed by atoms with Crippen molar-refractivity contribution in [3.8, 4) is 6.07 Å². The number of nitriles is 1. The van der Waals surface area contributed by atoms with Gasteiger partial charge < -0.3 is 20.3 Å². The standard InChI is InChI=1S/C19H23FN8O2/c1-19(2,3)30-18(29)23-13-7-8-28(11-13)16-14(20)5-4-6-15(16)22-10-12(9-21)17-24-26-27-25-17/h4-6,10,13,22H,7-8,11H2,1-3H3,(H,23,29)(H,24,25,26,27). The smallest absolute Gasteiger partial charge is 0.407 e. The van der Waals surface area contributed by atoms with Crippen LogP contribution in [-0.4, -0.2) is 51.4 Å². The lowest BCUT2D eigenvalue weighted by atomic mass is 10.2. The molecule has 1 aromatic heterocycles. The van der Waals surface area contributed by atoms with E-state index in [2.05, 4.69) is 31.3 Å². The zero-order chi connectivity index (χ0) is 21.7. The fourth-order valence-corrected chi connectivity index (χ4v) is 3.08. The fraction of sp³-hybridized carbons (Fsp3) is 0.421. The van der Waals surface area contributed by atoms with Crippen LogP contribution >= 0.6 is 0 Å². The summed E-state index contributed by atoms with van der Waals surface area (Å²) in [5, 5.41) is 28.3.